The summed E-state index contributed by atoms with van der Waals surface area (Å²) in [5.41, 5.74) is 0.401. The molecule has 0 aliphatic rings. The van der Waals surface area contributed by atoms with Gasteiger partial charge in [-0.3, -0.25) is 4.40 Å². The predicted molar refractivity (Wildman–Crippen MR) is 76.7 cm³/mol. The van der Waals surface area contributed by atoms with Gasteiger partial charge in [-0.2, -0.15) is 0 Å². The van der Waals surface area contributed by atoms with E-state index >= 15 is 0 Å². The van der Waals surface area contributed by atoms with Crippen LogP contribution in [0.1, 0.15) is 55.9 Å². The number of unbranched alkanes of at least 4 members (excludes halogenated alkanes) is 5. The van der Waals surface area contributed by atoms with Gasteiger partial charge in [0.15, 0.2) is 10.7 Å². The Morgan fingerprint density at radius 1 is 1.32 bits per heavy atom. The molecule has 0 radical (unpaired) electrons. The number of fused-ring (bicyclic) bond motifs is 1. The van der Waals surface area contributed by atoms with Gasteiger partial charge in [0.25, 0.3) is 0 Å². The zero-order valence-corrected chi connectivity index (χ0v) is 12.1. The second-order valence-corrected chi connectivity index (χ2v) is 5.50. The fourth-order valence-electron chi connectivity index (χ4n) is 1.95. The molecule has 0 bridgehead atoms. The van der Waals surface area contributed by atoms with Crippen molar-refractivity contribution in [1.29, 1.82) is 0 Å². The number of nitrogens with zero attached hydrogens (tertiary/aromatic N) is 2. The first-order chi connectivity index (χ1) is 9.31. The molecule has 5 heteroatoms. The molecule has 0 spiro atoms. The Kier molecular flexibility index (Phi) is 5.39. The molecule has 0 atom stereocenters. The highest BCUT2D eigenvalue weighted by Gasteiger charge is 2.12. The molecule has 4 nitrogen and oxygen atoms in total. The van der Waals surface area contributed by atoms with E-state index in [4.69, 9.17) is 4.74 Å². The topological polar surface area (TPSA) is 43.6 Å². The first-order valence-corrected chi connectivity index (χ1v) is 7.78. The number of esters is 1. The van der Waals surface area contributed by atoms with E-state index in [9.17, 15) is 4.79 Å². The standard InChI is InChI=1S/C14H20N2O2S/c1-2-3-4-5-6-7-9-18-13(17)12-11-16-8-10-19-14(16)15-12/h8,10-11H,2-7,9H2,1H3. The first kappa shape index (κ1) is 14.1. The molecule has 0 amide bonds. The first-order valence-electron chi connectivity index (χ1n) is 6.90. The molecule has 19 heavy (non-hydrogen) atoms. The molecule has 0 saturated heterocycles. The lowest BCUT2D eigenvalue weighted by Crippen LogP contribution is -2.06. The van der Waals surface area contributed by atoms with Crippen molar-refractivity contribution in [1.82, 2.24) is 9.38 Å². The Morgan fingerprint density at radius 2 is 2.11 bits per heavy atom. The summed E-state index contributed by atoms with van der Waals surface area (Å²) in [4.78, 5) is 16.8. The van der Waals surface area contributed by atoms with Gasteiger partial charge in [-0.05, 0) is 6.42 Å². The third-order valence-corrected chi connectivity index (χ3v) is 3.80. The van der Waals surface area contributed by atoms with Crippen LogP contribution >= 0.6 is 11.3 Å². The Bertz CT molecular complexity index is 490. The monoisotopic (exact) mass is 280 g/mol. The zero-order chi connectivity index (χ0) is 13.5. The average molecular weight is 280 g/mol. The van der Waals surface area contributed by atoms with E-state index in [-0.39, 0.29) is 5.97 Å². The maximum absolute atomic E-state index is 11.8. The lowest BCUT2D eigenvalue weighted by molar-refractivity contribution is 0.0491. The molecular formula is C14H20N2O2S. The van der Waals surface area contributed by atoms with Crippen LogP contribution in [0, 0.1) is 0 Å². The van der Waals surface area contributed by atoms with Crippen molar-refractivity contribution in [3.05, 3.63) is 23.5 Å². The van der Waals surface area contributed by atoms with Crippen LogP contribution in [-0.2, 0) is 4.74 Å². The van der Waals surface area contributed by atoms with E-state index in [0.29, 0.717) is 12.3 Å². The molecule has 2 aromatic rings. The molecule has 2 heterocycles. The summed E-state index contributed by atoms with van der Waals surface area (Å²) >= 11 is 1.51. The van der Waals surface area contributed by atoms with Crippen LogP contribution in [-0.4, -0.2) is 22.0 Å². The molecule has 0 unspecified atom stereocenters. The normalized spacial score (nSPS) is 11.0. The van der Waals surface area contributed by atoms with E-state index in [2.05, 4.69) is 11.9 Å². The minimum atomic E-state index is -0.315. The lowest BCUT2D eigenvalue weighted by atomic mass is 10.1. The van der Waals surface area contributed by atoms with Gasteiger partial charge in [0.05, 0.1) is 6.61 Å². The summed E-state index contributed by atoms with van der Waals surface area (Å²) in [6.07, 6.45) is 10.7. The third-order valence-electron chi connectivity index (χ3n) is 3.03. The Morgan fingerprint density at radius 3 is 2.89 bits per heavy atom. The van der Waals surface area contributed by atoms with Gasteiger partial charge in [-0.1, -0.05) is 39.0 Å². The summed E-state index contributed by atoms with van der Waals surface area (Å²) in [5, 5.41) is 1.94. The summed E-state index contributed by atoms with van der Waals surface area (Å²) in [6, 6.07) is 0. The highest BCUT2D eigenvalue weighted by molar-refractivity contribution is 7.15. The van der Waals surface area contributed by atoms with E-state index in [1.165, 1.54) is 37.0 Å². The molecule has 0 fully saturated rings. The average Bonchev–Trinajstić information content (AvgIpc) is 2.98. The van der Waals surface area contributed by atoms with Crippen LogP contribution in [0.4, 0.5) is 0 Å². The fourth-order valence-corrected chi connectivity index (χ4v) is 2.65. The van der Waals surface area contributed by atoms with Crippen LogP contribution in [0.3, 0.4) is 0 Å². The fraction of sp³-hybridized carbons (Fsp3) is 0.571. The van der Waals surface area contributed by atoms with Crippen molar-refractivity contribution < 1.29 is 9.53 Å². The predicted octanol–water partition coefficient (Wildman–Crippen LogP) is 3.91. The number of thiazole rings is 1. The Balaban J connectivity index is 1.66. The van der Waals surface area contributed by atoms with E-state index in [0.717, 1.165) is 17.8 Å². The molecule has 2 rings (SSSR count). The number of rotatable bonds is 8. The van der Waals surface area contributed by atoms with Crippen LogP contribution in [0.25, 0.3) is 4.96 Å². The molecule has 0 saturated carbocycles. The SMILES string of the molecule is CCCCCCCCOC(=O)c1cn2ccsc2n1. The maximum atomic E-state index is 11.8. The summed E-state index contributed by atoms with van der Waals surface area (Å²) in [5.74, 6) is -0.315. The van der Waals surface area contributed by atoms with Crippen LogP contribution in [0.2, 0.25) is 0 Å². The minimum Gasteiger partial charge on any atom is -0.461 e. The number of aromatic nitrogens is 2. The van der Waals surface area contributed by atoms with Crippen molar-refractivity contribution in [2.45, 2.75) is 45.4 Å². The number of imidazole rings is 1. The molecule has 0 aliphatic heterocycles. The number of carbonyl (C=O) groups excluding carboxylic acids is 1. The quantitative estimate of drug-likeness (QED) is 0.544. The van der Waals surface area contributed by atoms with Gasteiger partial charge in [0, 0.05) is 17.8 Å². The third kappa shape index (κ3) is 4.06. The largest absolute Gasteiger partial charge is 0.461 e. The minimum absolute atomic E-state index is 0.315. The highest BCUT2D eigenvalue weighted by atomic mass is 32.1. The van der Waals surface area contributed by atoms with Gasteiger partial charge in [-0.15, -0.1) is 11.3 Å². The molecule has 0 N–H and O–H groups in total. The van der Waals surface area contributed by atoms with Gasteiger partial charge in [0.2, 0.25) is 0 Å². The Hall–Kier alpha value is -1.36. The van der Waals surface area contributed by atoms with Gasteiger partial charge < -0.3 is 4.74 Å². The zero-order valence-electron chi connectivity index (χ0n) is 11.3. The van der Waals surface area contributed by atoms with Crippen LogP contribution in [0.5, 0.6) is 0 Å². The summed E-state index contributed by atoms with van der Waals surface area (Å²) in [7, 11) is 0. The van der Waals surface area contributed by atoms with Crippen molar-refractivity contribution >= 4 is 22.3 Å². The molecule has 104 valence electrons. The van der Waals surface area contributed by atoms with Crippen molar-refractivity contribution in [2.75, 3.05) is 6.61 Å². The summed E-state index contributed by atoms with van der Waals surface area (Å²) < 4.78 is 7.06. The second-order valence-electron chi connectivity index (χ2n) is 4.62. The van der Waals surface area contributed by atoms with E-state index in [1.807, 2.05) is 16.0 Å². The van der Waals surface area contributed by atoms with Crippen LogP contribution < -0.4 is 0 Å². The van der Waals surface area contributed by atoms with Crippen molar-refractivity contribution in [3.8, 4) is 0 Å². The second kappa shape index (κ2) is 7.28. The van der Waals surface area contributed by atoms with Gasteiger partial charge in [0.1, 0.15) is 0 Å². The lowest BCUT2D eigenvalue weighted by Gasteiger charge is -2.02. The molecule has 2 aromatic heterocycles. The smallest absolute Gasteiger partial charge is 0.358 e. The molecule has 0 aliphatic carbocycles. The maximum Gasteiger partial charge on any atom is 0.358 e. The van der Waals surface area contributed by atoms with E-state index < -0.39 is 0 Å². The van der Waals surface area contributed by atoms with Crippen molar-refractivity contribution in [2.24, 2.45) is 0 Å². The van der Waals surface area contributed by atoms with Gasteiger partial charge >= 0.3 is 5.97 Å². The van der Waals surface area contributed by atoms with Crippen molar-refractivity contribution in [3.63, 3.8) is 0 Å². The van der Waals surface area contributed by atoms with E-state index in [1.54, 1.807) is 6.20 Å². The number of ether oxygens (including phenoxy) is 1. The highest BCUT2D eigenvalue weighted by Crippen LogP contribution is 2.12. The summed E-state index contributed by atoms with van der Waals surface area (Å²) in [6.45, 7) is 2.70. The Labute approximate surface area is 117 Å². The van der Waals surface area contributed by atoms with Gasteiger partial charge in [-0.25, -0.2) is 9.78 Å². The number of carbonyl (C=O) groups is 1. The molecule has 0 aromatic carbocycles. The number of hydrogen-bond acceptors (Lipinski definition) is 4. The van der Waals surface area contributed by atoms with Crippen LogP contribution in [0.15, 0.2) is 17.8 Å². The number of hydrogen-bond donors (Lipinski definition) is 0. The molecular weight excluding hydrogens is 260 g/mol.